The van der Waals surface area contributed by atoms with Gasteiger partial charge in [-0.25, -0.2) is 0 Å². The average molecular weight is 346 g/mol. The van der Waals surface area contributed by atoms with Gasteiger partial charge in [0.15, 0.2) is 0 Å². The maximum Gasteiger partial charge on any atom is 0.236 e. The summed E-state index contributed by atoms with van der Waals surface area (Å²) in [5.41, 5.74) is 1.15. The van der Waals surface area contributed by atoms with Gasteiger partial charge in [-0.2, -0.15) is 0 Å². The van der Waals surface area contributed by atoms with Crippen LogP contribution in [0.3, 0.4) is 0 Å². The first-order valence-corrected chi connectivity index (χ1v) is 9.36. The maximum absolute atomic E-state index is 12.8. The number of benzene rings is 1. The molecule has 138 valence electrons. The van der Waals surface area contributed by atoms with Crippen LogP contribution >= 0.6 is 0 Å². The van der Waals surface area contributed by atoms with E-state index >= 15 is 0 Å². The fourth-order valence-electron chi connectivity index (χ4n) is 4.15. The molecule has 0 unspecified atom stereocenters. The number of hydrogen-bond donors (Lipinski definition) is 0. The van der Waals surface area contributed by atoms with E-state index in [9.17, 15) is 4.79 Å². The number of hydrogen-bond acceptors (Lipinski definition) is 4. The van der Waals surface area contributed by atoms with Crippen molar-refractivity contribution in [2.24, 2.45) is 5.92 Å². The van der Waals surface area contributed by atoms with E-state index in [0.29, 0.717) is 12.5 Å². The summed E-state index contributed by atoms with van der Waals surface area (Å²) in [5.74, 6) is 2.53. The first-order valence-electron chi connectivity index (χ1n) is 9.36. The summed E-state index contributed by atoms with van der Waals surface area (Å²) < 4.78 is 10.9. The van der Waals surface area contributed by atoms with Gasteiger partial charge < -0.3 is 14.4 Å². The predicted octanol–water partition coefficient (Wildman–Crippen LogP) is 3.10. The molecule has 2 saturated heterocycles. The number of amides is 1. The molecule has 0 bridgehead atoms. The van der Waals surface area contributed by atoms with E-state index in [1.807, 2.05) is 12.1 Å². The van der Waals surface area contributed by atoms with Crippen LogP contribution in [0.25, 0.3) is 0 Å². The minimum absolute atomic E-state index is 0.243. The van der Waals surface area contributed by atoms with Crippen molar-refractivity contribution in [3.8, 4) is 11.5 Å². The lowest BCUT2D eigenvalue weighted by molar-refractivity contribution is -0.134. The third-order valence-corrected chi connectivity index (χ3v) is 5.51. The Kier molecular flexibility index (Phi) is 5.84. The zero-order valence-corrected chi connectivity index (χ0v) is 15.7. The van der Waals surface area contributed by atoms with E-state index in [1.54, 1.807) is 14.2 Å². The molecule has 2 atom stereocenters. The van der Waals surface area contributed by atoms with Gasteiger partial charge in [-0.1, -0.05) is 13.0 Å². The molecule has 0 radical (unpaired) electrons. The van der Waals surface area contributed by atoms with Crippen molar-refractivity contribution >= 4 is 5.91 Å². The largest absolute Gasteiger partial charge is 0.497 e. The molecule has 2 aliphatic rings. The summed E-state index contributed by atoms with van der Waals surface area (Å²) in [4.78, 5) is 17.1. The van der Waals surface area contributed by atoms with Crippen LogP contribution in [0.4, 0.5) is 0 Å². The van der Waals surface area contributed by atoms with Crippen molar-refractivity contribution in [2.75, 3.05) is 40.4 Å². The SMILES string of the molecule is COc1ccc([C@H]2CCCN2CC(=O)N2CCC[C@H](C)C2)c(OC)c1. The molecule has 3 rings (SSSR count). The number of likely N-dealkylation sites (tertiary alicyclic amines) is 2. The number of carbonyl (C=O) groups is 1. The molecule has 1 amide bonds. The van der Waals surface area contributed by atoms with Crippen molar-refractivity contribution in [1.82, 2.24) is 9.80 Å². The summed E-state index contributed by atoms with van der Waals surface area (Å²) in [6.07, 6.45) is 4.54. The van der Waals surface area contributed by atoms with Gasteiger partial charge in [-0.15, -0.1) is 0 Å². The van der Waals surface area contributed by atoms with E-state index in [2.05, 4.69) is 22.8 Å². The van der Waals surface area contributed by atoms with Gasteiger partial charge in [-0.05, 0) is 44.2 Å². The summed E-state index contributed by atoms with van der Waals surface area (Å²) in [6.45, 7) is 5.53. The molecule has 0 spiro atoms. The first-order chi connectivity index (χ1) is 12.1. The number of rotatable bonds is 5. The fraction of sp³-hybridized carbons (Fsp3) is 0.650. The van der Waals surface area contributed by atoms with E-state index in [1.165, 1.54) is 6.42 Å². The Morgan fingerprint density at radius 1 is 1.16 bits per heavy atom. The zero-order valence-electron chi connectivity index (χ0n) is 15.7. The van der Waals surface area contributed by atoms with Gasteiger partial charge in [0.2, 0.25) is 5.91 Å². The lowest BCUT2D eigenvalue weighted by Crippen LogP contribution is -2.44. The lowest BCUT2D eigenvalue weighted by Gasteiger charge is -2.33. The molecule has 1 aromatic rings. The quantitative estimate of drug-likeness (QED) is 0.822. The molecule has 0 aliphatic carbocycles. The molecule has 25 heavy (non-hydrogen) atoms. The van der Waals surface area contributed by atoms with Crippen LogP contribution in [0, 0.1) is 5.92 Å². The molecule has 5 nitrogen and oxygen atoms in total. The van der Waals surface area contributed by atoms with Crippen molar-refractivity contribution in [3.05, 3.63) is 23.8 Å². The summed E-state index contributed by atoms with van der Waals surface area (Å²) in [6, 6.07) is 6.23. The molecule has 0 saturated carbocycles. The minimum atomic E-state index is 0.243. The van der Waals surface area contributed by atoms with Gasteiger partial charge in [0, 0.05) is 30.8 Å². The Morgan fingerprint density at radius 3 is 2.68 bits per heavy atom. The average Bonchev–Trinajstić information content (AvgIpc) is 3.08. The number of ether oxygens (including phenoxy) is 2. The normalized spacial score (nSPS) is 24.4. The van der Waals surface area contributed by atoms with Crippen LogP contribution in [0.5, 0.6) is 11.5 Å². The third kappa shape index (κ3) is 4.09. The molecular weight excluding hydrogens is 316 g/mol. The van der Waals surface area contributed by atoms with Gasteiger partial charge >= 0.3 is 0 Å². The molecule has 2 aliphatic heterocycles. The second kappa shape index (κ2) is 8.09. The van der Waals surface area contributed by atoms with Crippen LogP contribution in [0.15, 0.2) is 18.2 Å². The van der Waals surface area contributed by atoms with E-state index in [-0.39, 0.29) is 11.9 Å². The Labute approximate surface area is 150 Å². The Balaban J connectivity index is 1.71. The Hall–Kier alpha value is -1.75. The Morgan fingerprint density at radius 2 is 1.96 bits per heavy atom. The maximum atomic E-state index is 12.8. The van der Waals surface area contributed by atoms with E-state index in [0.717, 1.165) is 56.0 Å². The van der Waals surface area contributed by atoms with Crippen molar-refractivity contribution in [1.29, 1.82) is 0 Å². The smallest absolute Gasteiger partial charge is 0.236 e. The van der Waals surface area contributed by atoms with Crippen molar-refractivity contribution < 1.29 is 14.3 Å². The molecule has 0 N–H and O–H groups in total. The van der Waals surface area contributed by atoms with Crippen LogP contribution in [0.2, 0.25) is 0 Å². The second-order valence-corrected chi connectivity index (χ2v) is 7.32. The predicted molar refractivity (Wildman–Crippen MR) is 98.1 cm³/mol. The number of methoxy groups -OCH3 is 2. The first kappa shape index (κ1) is 18.1. The van der Waals surface area contributed by atoms with E-state index < -0.39 is 0 Å². The molecule has 2 fully saturated rings. The molecular formula is C20H30N2O3. The topological polar surface area (TPSA) is 42.0 Å². The highest BCUT2D eigenvalue weighted by molar-refractivity contribution is 5.78. The highest BCUT2D eigenvalue weighted by Crippen LogP contribution is 2.38. The van der Waals surface area contributed by atoms with Crippen LogP contribution in [-0.4, -0.2) is 56.1 Å². The van der Waals surface area contributed by atoms with Crippen molar-refractivity contribution in [3.63, 3.8) is 0 Å². The number of piperidine rings is 1. The van der Waals surface area contributed by atoms with Gasteiger partial charge in [0.05, 0.1) is 20.8 Å². The van der Waals surface area contributed by atoms with Gasteiger partial charge in [-0.3, -0.25) is 9.69 Å². The highest BCUT2D eigenvalue weighted by atomic mass is 16.5. The molecule has 0 aromatic heterocycles. The van der Waals surface area contributed by atoms with Gasteiger partial charge in [0.25, 0.3) is 0 Å². The fourth-order valence-corrected chi connectivity index (χ4v) is 4.15. The molecule has 5 heteroatoms. The third-order valence-electron chi connectivity index (χ3n) is 5.51. The number of nitrogens with zero attached hydrogens (tertiary/aromatic N) is 2. The highest BCUT2D eigenvalue weighted by Gasteiger charge is 2.31. The summed E-state index contributed by atoms with van der Waals surface area (Å²) in [7, 11) is 3.35. The molecule has 1 aromatic carbocycles. The summed E-state index contributed by atoms with van der Waals surface area (Å²) in [5, 5.41) is 0. The van der Waals surface area contributed by atoms with E-state index in [4.69, 9.17) is 9.47 Å². The second-order valence-electron chi connectivity index (χ2n) is 7.32. The van der Waals surface area contributed by atoms with Crippen LogP contribution in [0.1, 0.15) is 44.2 Å². The number of carbonyl (C=O) groups excluding carboxylic acids is 1. The zero-order chi connectivity index (χ0) is 17.8. The van der Waals surface area contributed by atoms with Gasteiger partial charge in [0.1, 0.15) is 11.5 Å². The molecule has 2 heterocycles. The van der Waals surface area contributed by atoms with Crippen molar-refractivity contribution in [2.45, 2.75) is 38.6 Å². The summed E-state index contributed by atoms with van der Waals surface area (Å²) >= 11 is 0. The minimum Gasteiger partial charge on any atom is -0.497 e. The lowest BCUT2D eigenvalue weighted by atomic mass is 10.00. The monoisotopic (exact) mass is 346 g/mol. The van der Waals surface area contributed by atoms with Crippen LogP contribution in [-0.2, 0) is 4.79 Å². The Bertz CT molecular complexity index is 605. The standard InChI is InChI=1S/C20H30N2O3/c1-15-6-4-11-22(13-15)20(23)14-21-10-5-7-18(21)17-9-8-16(24-2)12-19(17)25-3/h8-9,12,15,18H,4-7,10-11,13-14H2,1-3H3/t15-,18+/m0/s1. The van der Waals surface area contributed by atoms with Crippen LogP contribution < -0.4 is 9.47 Å².